The van der Waals surface area contributed by atoms with Gasteiger partial charge in [0.1, 0.15) is 5.75 Å². The monoisotopic (exact) mass is 406 g/mol. The minimum absolute atomic E-state index is 0.0404. The molecule has 0 atom stereocenters. The summed E-state index contributed by atoms with van der Waals surface area (Å²) in [4.78, 5) is 16.8. The largest absolute Gasteiger partial charge is 0.497 e. The Morgan fingerprint density at radius 1 is 0.900 bits per heavy atom. The van der Waals surface area contributed by atoms with Gasteiger partial charge >= 0.3 is 0 Å². The molecule has 156 valence electrons. The highest BCUT2D eigenvalue weighted by molar-refractivity contribution is 5.94. The molecule has 1 aliphatic heterocycles. The average molecular weight is 406 g/mol. The van der Waals surface area contributed by atoms with Gasteiger partial charge < -0.3 is 14.5 Å². The van der Waals surface area contributed by atoms with Crippen molar-refractivity contribution >= 4 is 11.7 Å². The van der Waals surface area contributed by atoms with Gasteiger partial charge in [0.2, 0.25) is 0 Å². The van der Waals surface area contributed by atoms with Crippen LogP contribution < -0.4 is 9.64 Å². The summed E-state index contributed by atoms with van der Waals surface area (Å²) in [7, 11) is 1.61. The molecule has 30 heavy (non-hydrogen) atoms. The fourth-order valence-electron chi connectivity index (χ4n) is 3.60. The number of amides is 1. The van der Waals surface area contributed by atoms with E-state index in [1.165, 1.54) is 5.56 Å². The Hall–Kier alpha value is -3.42. The zero-order valence-corrected chi connectivity index (χ0v) is 17.8. The molecule has 0 bridgehead atoms. The molecule has 1 saturated heterocycles. The van der Waals surface area contributed by atoms with Gasteiger partial charge in [-0.2, -0.15) is 5.10 Å². The van der Waals surface area contributed by atoms with Crippen LogP contribution in [0.4, 0.5) is 5.82 Å². The SMILES string of the molecule is COc1ccc(C(=O)N2CCN(c3ccc(-n4nc(C)c(C)c4C)nn3)CC2)cc1. The average Bonchev–Trinajstić information content (AvgIpc) is 3.06. The highest BCUT2D eigenvalue weighted by atomic mass is 16.5. The van der Waals surface area contributed by atoms with E-state index < -0.39 is 0 Å². The van der Waals surface area contributed by atoms with Crippen molar-refractivity contribution in [1.29, 1.82) is 0 Å². The van der Waals surface area contributed by atoms with Crippen molar-refractivity contribution in [2.45, 2.75) is 20.8 Å². The maximum absolute atomic E-state index is 12.7. The van der Waals surface area contributed by atoms with Crippen LogP contribution in [0.25, 0.3) is 5.82 Å². The molecular formula is C22H26N6O2. The quantitative estimate of drug-likeness (QED) is 0.663. The zero-order chi connectivity index (χ0) is 21.3. The molecule has 4 rings (SSSR count). The highest BCUT2D eigenvalue weighted by Crippen LogP contribution is 2.19. The summed E-state index contributed by atoms with van der Waals surface area (Å²) in [6, 6.07) is 11.1. The number of piperazine rings is 1. The van der Waals surface area contributed by atoms with Crippen LogP contribution >= 0.6 is 0 Å². The van der Waals surface area contributed by atoms with Gasteiger partial charge in [-0.1, -0.05) is 0 Å². The minimum atomic E-state index is 0.0404. The van der Waals surface area contributed by atoms with Crippen molar-refractivity contribution in [2.24, 2.45) is 0 Å². The molecule has 0 spiro atoms. The number of nitrogens with zero attached hydrogens (tertiary/aromatic N) is 6. The lowest BCUT2D eigenvalue weighted by Crippen LogP contribution is -2.49. The Kier molecular flexibility index (Phi) is 5.39. The first-order chi connectivity index (χ1) is 14.5. The number of ether oxygens (including phenoxy) is 1. The topological polar surface area (TPSA) is 76.4 Å². The van der Waals surface area contributed by atoms with E-state index in [1.807, 2.05) is 47.7 Å². The smallest absolute Gasteiger partial charge is 0.253 e. The molecule has 1 fully saturated rings. The Balaban J connectivity index is 1.40. The molecule has 3 aromatic rings. The summed E-state index contributed by atoms with van der Waals surface area (Å²) in [6.45, 7) is 8.81. The second-order valence-corrected chi connectivity index (χ2v) is 7.47. The van der Waals surface area contributed by atoms with Gasteiger partial charge in [-0.05, 0) is 62.7 Å². The van der Waals surface area contributed by atoms with E-state index in [9.17, 15) is 4.79 Å². The highest BCUT2D eigenvalue weighted by Gasteiger charge is 2.23. The summed E-state index contributed by atoms with van der Waals surface area (Å²) in [6.07, 6.45) is 0. The molecule has 8 nitrogen and oxygen atoms in total. The number of hydrogen-bond acceptors (Lipinski definition) is 6. The predicted octanol–water partition coefficient (Wildman–Crippen LogP) is 2.56. The Labute approximate surface area is 176 Å². The van der Waals surface area contributed by atoms with Crippen molar-refractivity contribution in [2.75, 3.05) is 38.2 Å². The zero-order valence-electron chi connectivity index (χ0n) is 17.8. The second kappa shape index (κ2) is 8.14. The van der Waals surface area contributed by atoms with Crippen molar-refractivity contribution in [3.63, 3.8) is 0 Å². The Bertz CT molecular complexity index is 1030. The van der Waals surface area contributed by atoms with E-state index in [1.54, 1.807) is 19.2 Å². The van der Waals surface area contributed by atoms with Crippen LogP contribution in [0.3, 0.4) is 0 Å². The lowest BCUT2D eigenvalue weighted by Gasteiger charge is -2.35. The third-order valence-electron chi connectivity index (χ3n) is 5.73. The van der Waals surface area contributed by atoms with Gasteiger partial charge in [0.25, 0.3) is 5.91 Å². The Morgan fingerprint density at radius 2 is 1.53 bits per heavy atom. The minimum Gasteiger partial charge on any atom is -0.497 e. The third kappa shape index (κ3) is 3.72. The summed E-state index contributed by atoms with van der Waals surface area (Å²) in [5.41, 5.74) is 3.91. The standard InChI is InChI=1S/C22H26N6O2/c1-15-16(2)25-28(17(15)3)21-10-9-20(23-24-21)26-11-13-27(14-12-26)22(29)18-5-7-19(30-4)8-6-18/h5-10H,11-14H2,1-4H3. The molecule has 1 aromatic carbocycles. The van der Waals surface area contributed by atoms with Gasteiger partial charge in [-0.15, -0.1) is 10.2 Å². The number of carbonyl (C=O) groups excluding carboxylic acids is 1. The van der Waals surface area contributed by atoms with E-state index in [4.69, 9.17) is 4.74 Å². The van der Waals surface area contributed by atoms with Crippen LogP contribution in [0.2, 0.25) is 0 Å². The number of aryl methyl sites for hydroxylation is 1. The number of benzene rings is 1. The molecule has 2 aromatic heterocycles. The van der Waals surface area contributed by atoms with E-state index in [0.717, 1.165) is 36.0 Å². The van der Waals surface area contributed by atoms with Crippen LogP contribution in [0.5, 0.6) is 5.75 Å². The fraction of sp³-hybridized carbons (Fsp3) is 0.364. The van der Waals surface area contributed by atoms with Gasteiger partial charge in [0, 0.05) is 37.4 Å². The number of carbonyl (C=O) groups is 1. The lowest BCUT2D eigenvalue weighted by molar-refractivity contribution is 0.0746. The first-order valence-electron chi connectivity index (χ1n) is 10.0. The van der Waals surface area contributed by atoms with Crippen LogP contribution in [0.1, 0.15) is 27.3 Å². The fourth-order valence-corrected chi connectivity index (χ4v) is 3.60. The first kappa shape index (κ1) is 19.9. The summed E-state index contributed by atoms with van der Waals surface area (Å²) >= 11 is 0. The molecule has 0 aliphatic carbocycles. The van der Waals surface area contributed by atoms with Crippen LogP contribution in [0, 0.1) is 20.8 Å². The molecule has 0 radical (unpaired) electrons. The van der Waals surface area contributed by atoms with Crippen molar-refractivity contribution < 1.29 is 9.53 Å². The van der Waals surface area contributed by atoms with Crippen molar-refractivity contribution in [3.05, 3.63) is 58.9 Å². The molecule has 3 heterocycles. The molecule has 1 amide bonds. The molecule has 0 saturated carbocycles. The van der Waals surface area contributed by atoms with Crippen LogP contribution in [-0.2, 0) is 0 Å². The van der Waals surface area contributed by atoms with Gasteiger partial charge in [0.05, 0.1) is 12.8 Å². The third-order valence-corrected chi connectivity index (χ3v) is 5.73. The number of methoxy groups -OCH3 is 1. The van der Waals surface area contributed by atoms with Crippen molar-refractivity contribution in [1.82, 2.24) is 24.9 Å². The van der Waals surface area contributed by atoms with Gasteiger partial charge in [0.15, 0.2) is 11.6 Å². The van der Waals surface area contributed by atoms with Crippen LogP contribution in [-0.4, -0.2) is 64.1 Å². The number of anilines is 1. The normalized spacial score (nSPS) is 14.1. The van der Waals surface area contributed by atoms with E-state index >= 15 is 0 Å². The maximum Gasteiger partial charge on any atom is 0.253 e. The molecule has 0 unspecified atom stereocenters. The molecule has 1 aliphatic rings. The molecular weight excluding hydrogens is 380 g/mol. The number of aromatic nitrogens is 4. The lowest BCUT2D eigenvalue weighted by atomic mass is 10.1. The molecule has 0 N–H and O–H groups in total. The number of hydrogen-bond donors (Lipinski definition) is 0. The first-order valence-corrected chi connectivity index (χ1v) is 10.0. The molecule has 8 heteroatoms. The van der Waals surface area contributed by atoms with E-state index in [0.29, 0.717) is 24.5 Å². The van der Waals surface area contributed by atoms with E-state index in [2.05, 4.69) is 27.1 Å². The van der Waals surface area contributed by atoms with Crippen molar-refractivity contribution in [3.8, 4) is 11.6 Å². The summed E-state index contributed by atoms with van der Waals surface area (Å²) < 4.78 is 6.98. The summed E-state index contributed by atoms with van der Waals surface area (Å²) in [5, 5.41) is 13.3. The summed E-state index contributed by atoms with van der Waals surface area (Å²) in [5.74, 6) is 2.31. The van der Waals surface area contributed by atoms with Gasteiger partial charge in [-0.25, -0.2) is 4.68 Å². The Morgan fingerprint density at radius 3 is 2.07 bits per heavy atom. The van der Waals surface area contributed by atoms with E-state index in [-0.39, 0.29) is 5.91 Å². The maximum atomic E-state index is 12.7. The number of rotatable bonds is 4. The van der Waals surface area contributed by atoms with Crippen LogP contribution in [0.15, 0.2) is 36.4 Å². The second-order valence-electron chi connectivity index (χ2n) is 7.47. The van der Waals surface area contributed by atoms with Gasteiger partial charge in [-0.3, -0.25) is 4.79 Å². The predicted molar refractivity (Wildman–Crippen MR) is 114 cm³/mol.